The van der Waals surface area contributed by atoms with Gasteiger partial charge in [-0.2, -0.15) is 0 Å². The Morgan fingerprint density at radius 1 is 1.17 bits per heavy atom. The highest BCUT2D eigenvalue weighted by Crippen LogP contribution is 2.31. The number of aromatic nitrogens is 3. The Labute approximate surface area is 173 Å². The van der Waals surface area contributed by atoms with E-state index in [1.165, 1.54) is 11.3 Å². The number of carbonyl (C=O) groups excluding carboxylic acids is 1. The summed E-state index contributed by atoms with van der Waals surface area (Å²) in [5.74, 6) is 1.10. The van der Waals surface area contributed by atoms with Crippen LogP contribution in [0.1, 0.15) is 12.8 Å². The molecule has 4 rings (SSSR count). The minimum Gasteiger partial charge on any atom is -0.497 e. The maximum Gasteiger partial charge on any atom is 0.229 e. The molecule has 2 aromatic heterocycles. The average Bonchev–Trinajstić information content (AvgIpc) is 3.45. The van der Waals surface area contributed by atoms with E-state index in [9.17, 15) is 4.79 Å². The van der Waals surface area contributed by atoms with E-state index in [2.05, 4.69) is 20.4 Å². The highest BCUT2D eigenvalue weighted by Gasteiger charge is 2.28. The fraction of sp³-hybridized carbons (Fsp3) is 0.350. The van der Waals surface area contributed by atoms with E-state index in [0.717, 1.165) is 29.6 Å². The number of hydrogen-bond acceptors (Lipinski definition) is 7. The first-order chi connectivity index (χ1) is 14.2. The Kier molecular flexibility index (Phi) is 5.66. The van der Waals surface area contributed by atoms with Crippen LogP contribution in [-0.2, 0) is 4.79 Å². The molecule has 1 aliphatic heterocycles. The van der Waals surface area contributed by atoms with E-state index in [1.54, 1.807) is 32.4 Å². The zero-order chi connectivity index (χ0) is 20.2. The predicted molar refractivity (Wildman–Crippen MR) is 112 cm³/mol. The van der Waals surface area contributed by atoms with Crippen LogP contribution in [0.4, 0.5) is 10.8 Å². The molecule has 0 saturated carbocycles. The zero-order valence-corrected chi connectivity index (χ0v) is 17.2. The van der Waals surface area contributed by atoms with Gasteiger partial charge in [0.15, 0.2) is 0 Å². The van der Waals surface area contributed by atoms with Crippen LogP contribution in [-0.4, -0.2) is 48.0 Å². The van der Waals surface area contributed by atoms with Gasteiger partial charge in [-0.25, -0.2) is 0 Å². The molecule has 1 amide bonds. The second-order valence-corrected chi connectivity index (χ2v) is 7.73. The Morgan fingerprint density at radius 2 is 1.97 bits per heavy atom. The second-order valence-electron chi connectivity index (χ2n) is 6.80. The van der Waals surface area contributed by atoms with Crippen molar-refractivity contribution in [3.05, 3.63) is 42.7 Å². The number of ether oxygens (including phenoxy) is 2. The maximum absolute atomic E-state index is 12.9. The van der Waals surface area contributed by atoms with Crippen LogP contribution in [0.15, 0.2) is 42.7 Å². The minimum atomic E-state index is -0.140. The largest absolute Gasteiger partial charge is 0.497 e. The van der Waals surface area contributed by atoms with Crippen LogP contribution in [0.3, 0.4) is 0 Å². The second kappa shape index (κ2) is 8.52. The Hall–Kier alpha value is -3.07. The van der Waals surface area contributed by atoms with Gasteiger partial charge in [-0.15, -0.1) is 10.2 Å². The summed E-state index contributed by atoms with van der Waals surface area (Å²) in [5, 5.41) is 13.3. The summed E-state index contributed by atoms with van der Waals surface area (Å²) in [5.41, 5.74) is 0.611. The molecule has 1 aromatic carbocycles. The monoisotopic (exact) mass is 413 g/mol. The summed E-state index contributed by atoms with van der Waals surface area (Å²) < 4.78 is 12.6. The summed E-state index contributed by atoms with van der Waals surface area (Å²) in [4.78, 5) is 15.1. The quantitative estimate of drug-likeness (QED) is 0.668. The molecule has 1 atom stereocenters. The zero-order valence-electron chi connectivity index (χ0n) is 16.4. The summed E-state index contributed by atoms with van der Waals surface area (Å²) in [6, 6.07) is 9.26. The molecule has 0 radical (unpaired) electrons. The Bertz CT molecular complexity index is 972. The molecule has 1 N–H and O–H groups in total. The van der Waals surface area contributed by atoms with Crippen LogP contribution in [0.5, 0.6) is 11.5 Å². The molecule has 1 saturated heterocycles. The van der Waals surface area contributed by atoms with Gasteiger partial charge in [0.1, 0.15) is 11.5 Å². The summed E-state index contributed by atoms with van der Waals surface area (Å²) in [6.07, 6.45) is 5.64. The molecule has 1 fully saturated rings. The van der Waals surface area contributed by atoms with Crippen molar-refractivity contribution in [1.29, 1.82) is 0 Å². The van der Waals surface area contributed by atoms with Gasteiger partial charge in [-0.1, -0.05) is 11.3 Å². The number of hydrogen-bond donors (Lipinski definition) is 1. The topological polar surface area (TPSA) is 81.5 Å². The van der Waals surface area contributed by atoms with Crippen molar-refractivity contribution in [2.24, 2.45) is 5.92 Å². The number of benzene rings is 1. The van der Waals surface area contributed by atoms with Gasteiger partial charge in [-0.05, 0) is 37.1 Å². The van der Waals surface area contributed by atoms with Gasteiger partial charge >= 0.3 is 0 Å². The number of piperidine rings is 1. The molecule has 3 aromatic rings. The summed E-state index contributed by atoms with van der Waals surface area (Å²) >= 11 is 1.52. The van der Waals surface area contributed by atoms with Crippen molar-refractivity contribution in [1.82, 2.24) is 14.8 Å². The van der Waals surface area contributed by atoms with Crippen molar-refractivity contribution in [2.45, 2.75) is 12.8 Å². The minimum absolute atomic E-state index is 0.0311. The van der Waals surface area contributed by atoms with Gasteiger partial charge in [0, 0.05) is 31.5 Å². The molecule has 3 heterocycles. The van der Waals surface area contributed by atoms with E-state index < -0.39 is 0 Å². The molecule has 0 bridgehead atoms. The highest BCUT2D eigenvalue weighted by atomic mass is 32.1. The third kappa shape index (κ3) is 4.19. The van der Waals surface area contributed by atoms with Crippen LogP contribution in [0.2, 0.25) is 0 Å². The first-order valence-electron chi connectivity index (χ1n) is 9.42. The van der Waals surface area contributed by atoms with Crippen molar-refractivity contribution in [3.8, 4) is 16.6 Å². The van der Waals surface area contributed by atoms with E-state index >= 15 is 0 Å². The lowest BCUT2D eigenvalue weighted by molar-refractivity contribution is -0.120. The van der Waals surface area contributed by atoms with Crippen LogP contribution >= 0.6 is 11.3 Å². The Morgan fingerprint density at radius 3 is 2.72 bits per heavy atom. The lowest BCUT2D eigenvalue weighted by Gasteiger charge is -2.31. The molecular formula is C20H23N5O3S. The van der Waals surface area contributed by atoms with E-state index in [0.29, 0.717) is 23.7 Å². The average molecular weight is 414 g/mol. The molecule has 1 aliphatic rings. The number of methoxy groups -OCH3 is 2. The van der Waals surface area contributed by atoms with Gasteiger partial charge in [-0.3, -0.25) is 9.36 Å². The van der Waals surface area contributed by atoms with Gasteiger partial charge in [0.2, 0.25) is 16.2 Å². The first kappa shape index (κ1) is 19.3. The molecule has 1 unspecified atom stereocenters. The van der Waals surface area contributed by atoms with Crippen LogP contribution in [0, 0.1) is 5.92 Å². The van der Waals surface area contributed by atoms with Crippen molar-refractivity contribution >= 4 is 28.1 Å². The van der Waals surface area contributed by atoms with Crippen LogP contribution in [0.25, 0.3) is 5.13 Å². The standard InChI is InChI=1S/C20H23N5O3S/c1-27-15-7-8-17(28-2)16(12-15)21-18(26)14-6-5-11-25(13-14)20-23-22-19(29-20)24-9-3-4-10-24/h3-4,7-10,12,14H,5-6,11,13H2,1-2H3,(H,21,26). The van der Waals surface area contributed by atoms with Gasteiger partial charge < -0.3 is 19.7 Å². The van der Waals surface area contributed by atoms with Crippen molar-refractivity contribution in [2.75, 3.05) is 37.5 Å². The third-order valence-electron chi connectivity index (χ3n) is 4.96. The normalized spacial score (nSPS) is 16.5. The third-order valence-corrected chi connectivity index (χ3v) is 5.95. The van der Waals surface area contributed by atoms with Crippen molar-refractivity contribution in [3.63, 3.8) is 0 Å². The Balaban J connectivity index is 1.45. The van der Waals surface area contributed by atoms with E-state index in [4.69, 9.17) is 9.47 Å². The lowest BCUT2D eigenvalue weighted by atomic mass is 9.97. The molecule has 0 spiro atoms. The fourth-order valence-electron chi connectivity index (χ4n) is 3.41. The molecule has 9 heteroatoms. The first-order valence-corrected chi connectivity index (χ1v) is 10.2. The predicted octanol–water partition coefficient (Wildman–Crippen LogP) is 3.20. The smallest absolute Gasteiger partial charge is 0.229 e. The number of carbonyl (C=O) groups is 1. The summed E-state index contributed by atoms with van der Waals surface area (Å²) in [6.45, 7) is 1.48. The SMILES string of the molecule is COc1ccc(OC)c(NC(=O)C2CCCN(c3nnc(-n4cccc4)s3)C2)c1. The molecular weight excluding hydrogens is 390 g/mol. The summed E-state index contributed by atoms with van der Waals surface area (Å²) in [7, 11) is 3.17. The molecule has 8 nitrogen and oxygen atoms in total. The van der Waals surface area contributed by atoms with Crippen LogP contribution < -0.4 is 19.7 Å². The highest BCUT2D eigenvalue weighted by molar-refractivity contribution is 7.17. The maximum atomic E-state index is 12.9. The number of anilines is 2. The number of amides is 1. The number of nitrogens with one attached hydrogen (secondary N) is 1. The molecule has 0 aliphatic carbocycles. The van der Waals surface area contributed by atoms with Gasteiger partial charge in [0.25, 0.3) is 0 Å². The fourth-order valence-corrected chi connectivity index (χ4v) is 4.26. The lowest BCUT2D eigenvalue weighted by Crippen LogP contribution is -2.40. The number of nitrogens with zero attached hydrogens (tertiary/aromatic N) is 4. The number of rotatable bonds is 6. The van der Waals surface area contributed by atoms with Crippen molar-refractivity contribution < 1.29 is 14.3 Å². The van der Waals surface area contributed by atoms with E-state index in [-0.39, 0.29) is 11.8 Å². The molecule has 152 valence electrons. The molecule has 29 heavy (non-hydrogen) atoms. The van der Waals surface area contributed by atoms with Gasteiger partial charge in [0.05, 0.1) is 25.8 Å². The van der Waals surface area contributed by atoms with E-state index in [1.807, 2.05) is 29.1 Å².